The summed E-state index contributed by atoms with van der Waals surface area (Å²) in [5.41, 5.74) is 0.914. The van der Waals surface area contributed by atoms with Crippen LogP contribution in [0.3, 0.4) is 0 Å². The maximum Gasteiger partial charge on any atom is 0.270 e. The van der Waals surface area contributed by atoms with Crippen LogP contribution in [0.5, 0.6) is 0 Å². The van der Waals surface area contributed by atoms with Crippen LogP contribution < -0.4 is 5.32 Å². The normalized spacial score (nSPS) is 10.2. The lowest BCUT2D eigenvalue weighted by Crippen LogP contribution is -2.14. The third-order valence-electron chi connectivity index (χ3n) is 2.85. The fourth-order valence-corrected chi connectivity index (χ4v) is 2.15. The molecule has 21 heavy (non-hydrogen) atoms. The zero-order valence-electron chi connectivity index (χ0n) is 10.9. The van der Waals surface area contributed by atoms with Crippen LogP contribution >= 0.6 is 15.9 Å². The van der Waals surface area contributed by atoms with Crippen molar-refractivity contribution in [2.45, 2.75) is 6.92 Å². The van der Waals surface area contributed by atoms with Crippen LogP contribution in [0.25, 0.3) is 0 Å². The summed E-state index contributed by atoms with van der Waals surface area (Å²) in [4.78, 5) is 22.4. The number of anilines is 1. The van der Waals surface area contributed by atoms with E-state index in [1.165, 1.54) is 30.3 Å². The molecular formula is C14H10BrFN2O3. The number of nitro groups is 1. The van der Waals surface area contributed by atoms with Crippen molar-refractivity contribution in [3.63, 3.8) is 0 Å². The maximum absolute atomic E-state index is 13.2. The second-order valence-corrected chi connectivity index (χ2v) is 5.19. The highest BCUT2D eigenvalue weighted by Crippen LogP contribution is 2.24. The average Bonchev–Trinajstić information content (AvgIpc) is 2.43. The number of hydrogen-bond donors (Lipinski definition) is 1. The fourth-order valence-electron chi connectivity index (χ4n) is 1.72. The first-order valence-electron chi connectivity index (χ1n) is 5.90. The minimum absolute atomic E-state index is 0.105. The van der Waals surface area contributed by atoms with Crippen LogP contribution in [0.15, 0.2) is 40.9 Å². The first-order chi connectivity index (χ1) is 9.88. The van der Waals surface area contributed by atoms with E-state index in [9.17, 15) is 19.3 Å². The lowest BCUT2D eigenvalue weighted by molar-refractivity contribution is -0.384. The summed E-state index contributed by atoms with van der Waals surface area (Å²) in [6, 6.07) is 7.88. The molecule has 0 heterocycles. The molecule has 0 aliphatic carbocycles. The summed E-state index contributed by atoms with van der Waals surface area (Å²) in [6.45, 7) is 1.72. The van der Waals surface area contributed by atoms with Crippen molar-refractivity contribution in [1.29, 1.82) is 0 Å². The van der Waals surface area contributed by atoms with Gasteiger partial charge in [0.1, 0.15) is 5.82 Å². The Labute approximate surface area is 128 Å². The molecule has 1 amide bonds. The molecule has 2 aromatic carbocycles. The van der Waals surface area contributed by atoms with Gasteiger partial charge in [0.15, 0.2) is 0 Å². The number of rotatable bonds is 3. The Balaban J connectivity index is 2.34. The molecule has 0 atom stereocenters. The number of aryl methyl sites for hydroxylation is 1. The minimum Gasteiger partial charge on any atom is -0.322 e. The second-order valence-electron chi connectivity index (χ2n) is 4.33. The number of carbonyl (C=O) groups excluding carboxylic acids is 1. The van der Waals surface area contributed by atoms with Gasteiger partial charge in [-0.25, -0.2) is 4.39 Å². The molecule has 0 fully saturated rings. The van der Waals surface area contributed by atoms with Gasteiger partial charge in [-0.15, -0.1) is 0 Å². The molecule has 2 rings (SSSR count). The van der Waals surface area contributed by atoms with E-state index < -0.39 is 16.6 Å². The second kappa shape index (κ2) is 6.01. The lowest BCUT2D eigenvalue weighted by atomic mass is 10.1. The summed E-state index contributed by atoms with van der Waals surface area (Å²) in [6.07, 6.45) is 0. The van der Waals surface area contributed by atoms with Crippen molar-refractivity contribution < 1.29 is 14.1 Å². The van der Waals surface area contributed by atoms with Gasteiger partial charge in [0.05, 0.1) is 10.5 Å². The Morgan fingerprint density at radius 1 is 1.29 bits per heavy atom. The van der Waals surface area contributed by atoms with Gasteiger partial charge in [0, 0.05) is 22.3 Å². The molecule has 0 saturated carbocycles. The predicted molar refractivity (Wildman–Crippen MR) is 79.9 cm³/mol. The summed E-state index contributed by atoms with van der Waals surface area (Å²) >= 11 is 3.17. The van der Waals surface area contributed by atoms with Gasteiger partial charge in [0.25, 0.3) is 11.6 Å². The molecule has 7 heteroatoms. The topological polar surface area (TPSA) is 72.2 Å². The molecule has 1 N–H and O–H groups in total. The molecule has 0 bridgehead atoms. The summed E-state index contributed by atoms with van der Waals surface area (Å²) in [5.74, 6) is -1.03. The lowest BCUT2D eigenvalue weighted by Gasteiger charge is -2.09. The predicted octanol–water partition coefficient (Wildman–Crippen LogP) is 4.06. The highest BCUT2D eigenvalue weighted by atomic mass is 79.9. The molecule has 0 unspecified atom stereocenters. The third-order valence-corrected chi connectivity index (χ3v) is 3.54. The van der Waals surface area contributed by atoms with Gasteiger partial charge in [-0.05, 0) is 46.6 Å². The number of nitrogens with zero attached hydrogens (tertiary/aromatic N) is 1. The van der Waals surface area contributed by atoms with E-state index in [1.54, 1.807) is 6.92 Å². The number of hydrogen-bond acceptors (Lipinski definition) is 3. The number of amides is 1. The first kappa shape index (κ1) is 15.1. The van der Waals surface area contributed by atoms with Gasteiger partial charge in [-0.1, -0.05) is 6.07 Å². The van der Waals surface area contributed by atoms with Gasteiger partial charge in [0.2, 0.25) is 0 Å². The van der Waals surface area contributed by atoms with Crippen molar-refractivity contribution in [3.8, 4) is 0 Å². The van der Waals surface area contributed by atoms with Crippen LogP contribution in [-0.4, -0.2) is 10.8 Å². The Morgan fingerprint density at radius 3 is 2.67 bits per heavy atom. The summed E-state index contributed by atoms with van der Waals surface area (Å²) in [5, 5.41) is 13.3. The molecule has 0 aliphatic rings. The number of carbonyl (C=O) groups is 1. The number of non-ortho nitro benzene ring substituents is 1. The molecular weight excluding hydrogens is 343 g/mol. The van der Waals surface area contributed by atoms with Crippen molar-refractivity contribution in [1.82, 2.24) is 0 Å². The van der Waals surface area contributed by atoms with Gasteiger partial charge in [-0.3, -0.25) is 14.9 Å². The highest BCUT2D eigenvalue weighted by Gasteiger charge is 2.16. The van der Waals surface area contributed by atoms with Gasteiger partial charge >= 0.3 is 0 Å². The van der Waals surface area contributed by atoms with Gasteiger partial charge in [-0.2, -0.15) is 0 Å². The highest BCUT2D eigenvalue weighted by molar-refractivity contribution is 9.10. The van der Waals surface area contributed by atoms with E-state index in [0.29, 0.717) is 15.7 Å². The monoisotopic (exact) mass is 352 g/mol. The van der Waals surface area contributed by atoms with Crippen molar-refractivity contribution in [3.05, 3.63) is 67.9 Å². The van der Waals surface area contributed by atoms with Crippen molar-refractivity contribution >= 4 is 33.2 Å². The molecule has 5 nitrogen and oxygen atoms in total. The van der Waals surface area contributed by atoms with Crippen LogP contribution in [-0.2, 0) is 0 Å². The molecule has 0 spiro atoms. The Hall–Kier alpha value is -2.28. The molecule has 0 aliphatic heterocycles. The SMILES string of the molecule is Cc1ccc(F)cc1NC(=O)c1cc([N+](=O)[O-])ccc1Br. The molecule has 108 valence electrons. The zero-order chi connectivity index (χ0) is 15.6. The van der Waals surface area contributed by atoms with Crippen LogP contribution in [0.2, 0.25) is 0 Å². The number of nitro benzene ring substituents is 1. The fraction of sp³-hybridized carbons (Fsp3) is 0.0714. The van der Waals surface area contributed by atoms with Crippen molar-refractivity contribution in [2.24, 2.45) is 0 Å². The average molecular weight is 353 g/mol. The number of halogens is 2. The molecule has 0 aromatic heterocycles. The van der Waals surface area contributed by atoms with E-state index in [0.717, 1.165) is 6.07 Å². The zero-order valence-corrected chi connectivity index (χ0v) is 12.5. The van der Waals surface area contributed by atoms with E-state index in [4.69, 9.17) is 0 Å². The Kier molecular flexibility index (Phi) is 4.32. The van der Waals surface area contributed by atoms with E-state index >= 15 is 0 Å². The Morgan fingerprint density at radius 2 is 2.00 bits per heavy atom. The van der Waals surface area contributed by atoms with E-state index in [1.807, 2.05) is 0 Å². The summed E-state index contributed by atoms with van der Waals surface area (Å²) < 4.78 is 13.6. The van der Waals surface area contributed by atoms with Crippen LogP contribution in [0.4, 0.5) is 15.8 Å². The standard InChI is InChI=1S/C14H10BrFN2O3/c1-8-2-3-9(16)6-13(8)17-14(19)11-7-10(18(20)21)4-5-12(11)15/h2-7H,1H3,(H,17,19). The van der Waals surface area contributed by atoms with E-state index in [-0.39, 0.29) is 11.3 Å². The number of nitrogens with one attached hydrogen (secondary N) is 1. The molecule has 0 radical (unpaired) electrons. The molecule has 0 saturated heterocycles. The third kappa shape index (κ3) is 3.43. The van der Waals surface area contributed by atoms with Crippen molar-refractivity contribution in [2.75, 3.05) is 5.32 Å². The number of benzene rings is 2. The summed E-state index contributed by atoms with van der Waals surface area (Å²) in [7, 11) is 0. The minimum atomic E-state index is -0.587. The van der Waals surface area contributed by atoms with Gasteiger partial charge < -0.3 is 5.32 Å². The van der Waals surface area contributed by atoms with E-state index in [2.05, 4.69) is 21.2 Å². The van der Waals surface area contributed by atoms with Crippen LogP contribution in [0, 0.1) is 22.9 Å². The first-order valence-corrected chi connectivity index (χ1v) is 6.69. The largest absolute Gasteiger partial charge is 0.322 e. The Bertz CT molecular complexity index is 734. The maximum atomic E-state index is 13.2. The quantitative estimate of drug-likeness (QED) is 0.668. The smallest absolute Gasteiger partial charge is 0.270 e. The van der Waals surface area contributed by atoms with Crippen LogP contribution in [0.1, 0.15) is 15.9 Å². The molecule has 2 aromatic rings.